The number of thiocarbonyl (C=S) groups is 1. The molecule has 1 amide bonds. The van der Waals surface area contributed by atoms with Crippen molar-refractivity contribution in [3.8, 4) is 0 Å². The van der Waals surface area contributed by atoms with Crippen LogP contribution in [0.25, 0.3) is 0 Å². The number of nitrogens with one attached hydrogen (secondary N) is 1. The highest BCUT2D eigenvalue weighted by Crippen LogP contribution is 2.14. The molecule has 0 rings (SSSR count). The Morgan fingerprint density at radius 1 is 1.40 bits per heavy atom. The van der Waals surface area contributed by atoms with Crippen molar-refractivity contribution in [3.63, 3.8) is 0 Å². The molecule has 5 heteroatoms. The lowest BCUT2D eigenvalue weighted by atomic mass is 9.93. The molecule has 3 N–H and O–H groups in total. The van der Waals surface area contributed by atoms with E-state index in [0.717, 1.165) is 0 Å². The van der Waals surface area contributed by atoms with E-state index in [9.17, 15) is 4.79 Å². The molecule has 0 unspecified atom stereocenters. The lowest BCUT2D eigenvalue weighted by Gasteiger charge is -2.27. The smallest absolute Gasteiger partial charge is 0.251 e. The molecule has 0 fully saturated rings. The highest BCUT2D eigenvalue weighted by atomic mass is 32.1. The summed E-state index contributed by atoms with van der Waals surface area (Å²) in [5, 5.41) is 2.76. The zero-order valence-corrected chi connectivity index (χ0v) is 10.8. The van der Waals surface area contributed by atoms with Crippen LogP contribution in [0.3, 0.4) is 0 Å². The fourth-order valence-corrected chi connectivity index (χ4v) is 0.766. The number of rotatable bonds is 5. The minimum absolute atomic E-state index is 0.172. The van der Waals surface area contributed by atoms with Crippen LogP contribution in [0.4, 0.5) is 0 Å². The summed E-state index contributed by atoms with van der Waals surface area (Å²) in [6, 6.07) is 0. The maximum Gasteiger partial charge on any atom is 0.251 e. The second-order valence-electron chi connectivity index (χ2n) is 4.65. The molecule has 0 radical (unpaired) electrons. The highest BCUT2D eigenvalue weighted by molar-refractivity contribution is 7.80. The van der Waals surface area contributed by atoms with Gasteiger partial charge >= 0.3 is 0 Å². The number of hydrogen-bond acceptors (Lipinski definition) is 3. The Labute approximate surface area is 96.5 Å². The Morgan fingerprint density at radius 3 is 2.20 bits per heavy atom. The molecule has 0 aliphatic rings. The van der Waals surface area contributed by atoms with E-state index in [1.54, 1.807) is 13.8 Å². The van der Waals surface area contributed by atoms with Crippen molar-refractivity contribution in [2.75, 3.05) is 13.7 Å². The number of hydrogen-bond donors (Lipinski definition) is 2. The molecule has 0 atom stereocenters. The van der Waals surface area contributed by atoms with Crippen molar-refractivity contribution in [2.24, 2.45) is 11.1 Å². The first-order chi connectivity index (χ1) is 6.63. The maximum atomic E-state index is 11.6. The zero-order chi connectivity index (χ0) is 12.3. The molecule has 0 saturated heterocycles. The van der Waals surface area contributed by atoms with Crippen LogP contribution >= 0.6 is 12.2 Å². The van der Waals surface area contributed by atoms with E-state index in [2.05, 4.69) is 5.32 Å². The van der Waals surface area contributed by atoms with Gasteiger partial charge in [0, 0.05) is 19.1 Å². The summed E-state index contributed by atoms with van der Waals surface area (Å²) in [6.45, 7) is 7.59. The summed E-state index contributed by atoms with van der Waals surface area (Å²) in [4.78, 5) is 12.0. The predicted octanol–water partition coefficient (Wildman–Crippen LogP) is 0.840. The third-order valence-corrected chi connectivity index (χ3v) is 2.97. The first-order valence-electron chi connectivity index (χ1n) is 4.77. The number of methoxy groups -OCH3 is 1. The van der Waals surface area contributed by atoms with Gasteiger partial charge in [-0.2, -0.15) is 0 Å². The molecule has 0 aliphatic heterocycles. The normalized spacial score (nSPS) is 12.3. The Kier molecular flexibility index (Phi) is 4.67. The van der Waals surface area contributed by atoms with Crippen LogP contribution in [0.2, 0.25) is 0 Å². The molecular formula is C10H20N2O2S. The minimum atomic E-state index is -0.827. The third kappa shape index (κ3) is 4.13. The quantitative estimate of drug-likeness (QED) is 0.689. The van der Waals surface area contributed by atoms with E-state index in [-0.39, 0.29) is 11.3 Å². The predicted molar refractivity (Wildman–Crippen MR) is 64.7 cm³/mol. The van der Waals surface area contributed by atoms with Crippen LogP contribution in [-0.2, 0) is 9.53 Å². The van der Waals surface area contributed by atoms with Crippen molar-refractivity contribution in [1.82, 2.24) is 5.32 Å². The standard InChI is InChI=1S/C10H20N2O2S/c1-9(2,7(11)15)6-12-8(13)10(3,4)14-5/h6H2,1-5H3,(H2,11,15)(H,12,13). The second kappa shape index (κ2) is 4.90. The minimum Gasteiger partial charge on any atom is -0.393 e. The first kappa shape index (κ1) is 14.3. The van der Waals surface area contributed by atoms with Gasteiger partial charge in [0.2, 0.25) is 0 Å². The van der Waals surface area contributed by atoms with Crippen LogP contribution in [0.1, 0.15) is 27.7 Å². The number of carbonyl (C=O) groups excluding carboxylic acids is 1. The number of ether oxygens (including phenoxy) is 1. The second-order valence-corrected chi connectivity index (χ2v) is 5.09. The molecule has 0 spiro atoms. The molecule has 0 aromatic heterocycles. The Bertz CT molecular complexity index is 262. The van der Waals surface area contributed by atoms with Gasteiger partial charge in [-0.05, 0) is 13.8 Å². The SMILES string of the molecule is COC(C)(C)C(=O)NCC(C)(C)C(N)=S. The van der Waals surface area contributed by atoms with Gasteiger partial charge in [0.25, 0.3) is 5.91 Å². The maximum absolute atomic E-state index is 11.6. The lowest BCUT2D eigenvalue weighted by Crippen LogP contribution is -2.48. The van der Waals surface area contributed by atoms with E-state index in [1.807, 2.05) is 13.8 Å². The summed E-state index contributed by atoms with van der Waals surface area (Å²) in [7, 11) is 1.50. The molecule has 0 aromatic carbocycles. The van der Waals surface area contributed by atoms with Gasteiger partial charge in [0.15, 0.2) is 0 Å². The molecular weight excluding hydrogens is 212 g/mol. The molecule has 0 bridgehead atoms. The summed E-state index contributed by atoms with van der Waals surface area (Å²) in [5.41, 5.74) is 4.34. The monoisotopic (exact) mass is 232 g/mol. The Morgan fingerprint density at radius 2 is 1.87 bits per heavy atom. The van der Waals surface area contributed by atoms with E-state index in [4.69, 9.17) is 22.7 Å². The molecule has 0 saturated carbocycles. The Hall–Kier alpha value is -0.680. The average Bonchev–Trinajstić information content (AvgIpc) is 2.13. The van der Waals surface area contributed by atoms with Crippen molar-refractivity contribution in [1.29, 1.82) is 0 Å². The summed E-state index contributed by atoms with van der Waals surface area (Å²) in [5.74, 6) is -0.172. The fourth-order valence-electron chi connectivity index (χ4n) is 0.694. The summed E-state index contributed by atoms with van der Waals surface area (Å²) in [6.07, 6.45) is 0. The van der Waals surface area contributed by atoms with Crippen LogP contribution in [-0.4, -0.2) is 30.2 Å². The van der Waals surface area contributed by atoms with Gasteiger partial charge in [-0.3, -0.25) is 4.79 Å². The number of nitrogens with two attached hydrogens (primary N) is 1. The summed E-state index contributed by atoms with van der Waals surface area (Å²) >= 11 is 4.90. The van der Waals surface area contributed by atoms with Crippen LogP contribution in [0.5, 0.6) is 0 Å². The van der Waals surface area contributed by atoms with Crippen molar-refractivity contribution < 1.29 is 9.53 Å². The molecule has 88 valence electrons. The van der Waals surface area contributed by atoms with Crippen LogP contribution < -0.4 is 11.1 Å². The zero-order valence-electron chi connectivity index (χ0n) is 10.0. The van der Waals surface area contributed by atoms with E-state index in [0.29, 0.717) is 11.5 Å². The highest BCUT2D eigenvalue weighted by Gasteiger charge is 2.29. The van der Waals surface area contributed by atoms with Gasteiger partial charge in [0.1, 0.15) is 5.60 Å². The Balaban J connectivity index is 4.30. The largest absolute Gasteiger partial charge is 0.393 e. The van der Waals surface area contributed by atoms with Crippen LogP contribution in [0, 0.1) is 5.41 Å². The topological polar surface area (TPSA) is 64.3 Å². The van der Waals surface area contributed by atoms with Gasteiger partial charge in [-0.1, -0.05) is 26.1 Å². The van der Waals surface area contributed by atoms with Crippen LogP contribution in [0.15, 0.2) is 0 Å². The van der Waals surface area contributed by atoms with E-state index >= 15 is 0 Å². The molecule has 0 heterocycles. The lowest BCUT2D eigenvalue weighted by molar-refractivity contribution is -0.139. The number of amides is 1. The first-order valence-corrected chi connectivity index (χ1v) is 5.17. The average molecular weight is 232 g/mol. The fraction of sp³-hybridized carbons (Fsp3) is 0.800. The van der Waals surface area contributed by atoms with Gasteiger partial charge in [0.05, 0.1) is 4.99 Å². The molecule has 4 nitrogen and oxygen atoms in total. The van der Waals surface area contributed by atoms with Gasteiger partial charge in [-0.25, -0.2) is 0 Å². The molecule has 0 aliphatic carbocycles. The van der Waals surface area contributed by atoms with Crippen molar-refractivity contribution in [2.45, 2.75) is 33.3 Å². The molecule has 0 aromatic rings. The van der Waals surface area contributed by atoms with Crippen molar-refractivity contribution in [3.05, 3.63) is 0 Å². The number of carbonyl (C=O) groups is 1. The summed E-state index contributed by atoms with van der Waals surface area (Å²) < 4.78 is 5.05. The van der Waals surface area contributed by atoms with E-state index < -0.39 is 5.60 Å². The van der Waals surface area contributed by atoms with Gasteiger partial charge < -0.3 is 15.8 Å². The van der Waals surface area contributed by atoms with Crippen molar-refractivity contribution >= 4 is 23.1 Å². The van der Waals surface area contributed by atoms with Gasteiger partial charge in [-0.15, -0.1) is 0 Å². The molecule has 15 heavy (non-hydrogen) atoms. The van der Waals surface area contributed by atoms with E-state index in [1.165, 1.54) is 7.11 Å². The third-order valence-electron chi connectivity index (χ3n) is 2.42.